The molecule has 0 saturated heterocycles. The average Bonchev–Trinajstić information content (AvgIpc) is 1.84. The molecule has 0 aromatic rings. The second-order valence-electron chi connectivity index (χ2n) is 3.78. The maximum Gasteiger partial charge on any atom is 0.156 e. The molecule has 0 aromatic heterocycles. The third kappa shape index (κ3) is 1.52. The Morgan fingerprint density at radius 1 is 1.40 bits per heavy atom. The van der Waals surface area contributed by atoms with Crippen LogP contribution in [0.5, 0.6) is 0 Å². The summed E-state index contributed by atoms with van der Waals surface area (Å²) in [5.74, 6) is 2.84. The standard InChI is InChI=1S/C9H18N/c1-7-9(3,8-2)10(4,5)6/h1H,8H2,2-6H3/q+1. The first-order valence-corrected chi connectivity index (χ1v) is 3.66. The van der Waals surface area contributed by atoms with Crippen molar-refractivity contribution in [3.05, 3.63) is 0 Å². The van der Waals surface area contributed by atoms with E-state index in [1.54, 1.807) is 0 Å². The first kappa shape index (κ1) is 9.52. The summed E-state index contributed by atoms with van der Waals surface area (Å²) in [6.45, 7) is 4.25. The van der Waals surface area contributed by atoms with E-state index in [4.69, 9.17) is 6.42 Å². The molecule has 1 atom stereocenters. The minimum atomic E-state index is -0.0139. The molecule has 1 heteroatoms. The molecule has 1 unspecified atom stereocenters. The Hall–Kier alpha value is -0.480. The molecule has 0 bridgehead atoms. The molecule has 0 spiro atoms. The van der Waals surface area contributed by atoms with E-state index in [0.29, 0.717) is 0 Å². The first-order valence-electron chi connectivity index (χ1n) is 3.66. The highest BCUT2D eigenvalue weighted by Gasteiger charge is 2.33. The molecule has 0 aliphatic rings. The zero-order valence-electron chi connectivity index (χ0n) is 7.73. The normalized spacial score (nSPS) is 17.6. The summed E-state index contributed by atoms with van der Waals surface area (Å²) in [7, 11) is 6.38. The van der Waals surface area contributed by atoms with Crippen LogP contribution in [0.1, 0.15) is 20.3 Å². The molecular formula is C9H18N+. The molecule has 10 heavy (non-hydrogen) atoms. The average molecular weight is 140 g/mol. The van der Waals surface area contributed by atoms with E-state index in [1.165, 1.54) is 0 Å². The highest BCUT2D eigenvalue weighted by molar-refractivity contribution is 5.04. The highest BCUT2D eigenvalue weighted by atomic mass is 15.3. The van der Waals surface area contributed by atoms with Gasteiger partial charge in [0.15, 0.2) is 5.54 Å². The summed E-state index contributed by atoms with van der Waals surface area (Å²) in [5.41, 5.74) is -0.0139. The van der Waals surface area contributed by atoms with Crippen LogP contribution in [0.2, 0.25) is 0 Å². The van der Waals surface area contributed by atoms with Gasteiger partial charge in [0, 0.05) is 13.3 Å². The van der Waals surface area contributed by atoms with Crippen molar-refractivity contribution in [1.82, 2.24) is 0 Å². The Kier molecular flexibility index (Phi) is 2.51. The van der Waals surface area contributed by atoms with Crippen LogP contribution in [-0.4, -0.2) is 31.2 Å². The van der Waals surface area contributed by atoms with Crippen LogP contribution in [0.4, 0.5) is 0 Å². The van der Waals surface area contributed by atoms with Gasteiger partial charge in [-0.1, -0.05) is 6.92 Å². The lowest BCUT2D eigenvalue weighted by Gasteiger charge is -2.39. The Morgan fingerprint density at radius 3 is 1.80 bits per heavy atom. The van der Waals surface area contributed by atoms with E-state index < -0.39 is 0 Å². The number of quaternary nitrogens is 1. The van der Waals surface area contributed by atoms with Crippen molar-refractivity contribution in [3.8, 4) is 12.3 Å². The Labute approximate surface area is 64.6 Å². The smallest absolute Gasteiger partial charge is 0.156 e. The molecule has 0 heterocycles. The van der Waals surface area contributed by atoms with Gasteiger partial charge < -0.3 is 4.48 Å². The molecule has 0 saturated carbocycles. The molecule has 1 nitrogen and oxygen atoms in total. The van der Waals surface area contributed by atoms with Crippen molar-refractivity contribution in [2.45, 2.75) is 25.8 Å². The molecule has 0 aliphatic heterocycles. The molecule has 0 rings (SSSR count). The third-order valence-electron chi connectivity index (χ3n) is 2.48. The summed E-state index contributed by atoms with van der Waals surface area (Å²) in [4.78, 5) is 0. The van der Waals surface area contributed by atoms with Crippen LogP contribution in [0.25, 0.3) is 0 Å². The fourth-order valence-corrected chi connectivity index (χ4v) is 0.770. The van der Waals surface area contributed by atoms with Crippen molar-refractivity contribution in [2.24, 2.45) is 0 Å². The second-order valence-corrected chi connectivity index (χ2v) is 3.78. The maximum atomic E-state index is 5.44. The predicted octanol–water partition coefficient (Wildman–Crippen LogP) is 1.49. The number of hydrogen-bond acceptors (Lipinski definition) is 0. The second kappa shape index (κ2) is 2.64. The summed E-state index contributed by atoms with van der Waals surface area (Å²) >= 11 is 0. The van der Waals surface area contributed by atoms with Gasteiger partial charge in [-0.15, -0.1) is 6.42 Å². The summed E-state index contributed by atoms with van der Waals surface area (Å²) in [5, 5.41) is 0. The van der Waals surface area contributed by atoms with Crippen LogP contribution in [-0.2, 0) is 0 Å². The maximum absolute atomic E-state index is 5.44. The molecule has 58 valence electrons. The lowest BCUT2D eigenvalue weighted by molar-refractivity contribution is -0.912. The van der Waals surface area contributed by atoms with E-state index in [0.717, 1.165) is 10.9 Å². The largest absolute Gasteiger partial charge is 0.316 e. The van der Waals surface area contributed by atoms with Crippen LogP contribution >= 0.6 is 0 Å². The molecule has 0 aromatic carbocycles. The van der Waals surface area contributed by atoms with E-state index in [1.807, 2.05) is 0 Å². The number of nitrogens with zero attached hydrogens (tertiary/aromatic N) is 1. The summed E-state index contributed by atoms with van der Waals surface area (Å²) in [6, 6.07) is 0. The molecule has 0 aliphatic carbocycles. The van der Waals surface area contributed by atoms with E-state index in [-0.39, 0.29) is 5.54 Å². The quantitative estimate of drug-likeness (QED) is 0.403. The zero-order valence-corrected chi connectivity index (χ0v) is 7.73. The van der Waals surface area contributed by atoms with Crippen LogP contribution < -0.4 is 0 Å². The Morgan fingerprint density at radius 2 is 1.80 bits per heavy atom. The SMILES string of the molecule is C#CC(C)(CC)[N+](C)(C)C. The molecule has 0 N–H and O–H groups in total. The van der Waals surface area contributed by atoms with Crippen molar-refractivity contribution in [3.63, 3.8) is 0 Å². The monoisotopic (exact) mass is 140 g/mol. The van der Waals surface area contributed by atoms with E-state index in [9.17, 15) is 0 Å². The molecule has 0 radical (unpaired) electrons. The lowest BCUT2D eigenvalue weighted by atomic mass is 9.96. The predicted molar refractivity (Wildman–Crippen MR) is 45.6 cm³/mol. The summed E-state index contributed by atoms with van der Waals surface area (Å²) < 4.78 is 0.833. The van der Waals surface area contributed by atoms with E-state index >= 15 is 0 Å². The minimum Gasteiger partial charge on any atom is -0.316 e. The Bertz CT molecular complexity index is 147. The van der Waals surface area contributed by atoms with Crippen molar-refractivity contribution < 1.29 is 4.48 Å². The van der Waals surface area contributed by atoms with Gasteiger partial charge in [-0.05, 0) is 5.92 Å². The van der Waals surface area contributed by atoms with Gasteiger partial charge in [0.05, 0.1) is 21.1 Å². The molecule has 0 fully saturated rings. The van der Waals surface area contributed by atoms with Gasteiger partial charge in [-0.2, -0.15) is 0 Å². The van der Waals surface area contributed by atoms with Gasteiger partial charge in [-0.25, -0.2) is 0 Å². The van der Waals surface area contributed by atoms with Crippen molar-refractivity contribution in [2.75, 3.05) is 21.1 Å². The molecule has 0 amide bonds. The zero-order chi connectivity index (χ0) is 8.41. The van der Waals surface area contributed by atoms with Gasteiger partial charge in [-0.3, -0.25) is 0 Å². The van der Waals surface area contributed by atoms with Crippen LogP contribution in [0, 0.1) is 12.3 Å². The lowest BCUT2D eigenvalue weighted by Crippen LogP contribution is -2.53. The Balaban J connectivity index is 4.54. The number of hydrogen-bond donors (Lipinski definition) is 0. The number of terminal acetylenes is 1. The van der Waals surface area contributed by atoms with Crippen molar-refractivity contribution in [1.29, 1.82) is 0 Å². The van der Waals surface area contributed by atoms with Crippen LogP contribution in [0.3, 0.4) is 0 Å². The molecular weight excluding hydrogens is 122 g/mol. The number of rotatable bonds is 2. The summed E-state index contributed by atoms with van der Waals surface area (Å²) in [6.07, 6.45) is 6.46. The minimum absolute atomic E-state index is 0.0139. The van der Waals surface area contributed by atoms with Crippen LogP contribution in [0.15, 0.2) is 0 Å². The topological polar surface area (TPSA) is 0 Å². The highest BCUT2D eigenvalue weighted by Crippen LogP contribution is 2.20. The third-order valence-corrected chi connectivity index (χ3v) is 2.48. The van der Waals surface area contributed by atoms with Gasteiger partial charge >= 0.3 is 0 Å². The first-order chi connectivity index (χ1) is 4.37. The van der Waals surface area contributed by atoms with Gasteiger partial charge in [0.25, 0.3) is 0 Å². The van der Waals surface area contributed by atoms with Gasteiger partial charge in [0.1, 0.15) is 0 Å². The van der Waals surface area contributed by atoms with Gasteiger partial charge in [0.2, 0.25) is 0 Å². The fraction of sp³-hybridized carbons (Fsp3) is 0.778. The van der Waals surface area contributed by atoms with Crippen molar-refractivity contribution >= 4 is 0 Å². The fourth-order valence-electron chi connectivity index (χ4n) is 0.770. The van der Waals surface area contributed by atoms with E-state index in [2.05, 4.69) is 40.9 Å².